The Morgan fingerprint density at radius 2 is 2.05 bits per heavy atom. The first kappa shape index (κ1) is 15.7. The standard InChI is InChI=1S/C14H27N5/c1-6-11(2)16-14-17-12(3)10-13(18-14)15-8-7-9-19(4)5/h10-11H,6-9H2,1-5H3,(H2,15,16,17,18). The lowest BCUT2D eigenvalue weighted by Crippen LogP contribution is -2.18. The fourth-order valence-corrected chi connectivity index (χ4v) is 1.66. The third kappa shape index (κ3) is 6.38. The van der Waals surface area contributed by atoms with E-state index in [0.717, 1.165) is 37.4 Å². The van der Waals surface area contributed by atoms with Gasteiger partial charge in [0, 0.05) is 24.3 Å². The van der Waals surface area contributed by atoms with Crippen molar-refractivity contribution in [2.75, 3.05) is 37.8 Å². The van der Waals surface area contributed by atoms with Crippen LogP contribution in [0, 0.1) is 6.92 Å². The molecule has 0 fully saturated rings. The summed E-state index contributed by atoms with van der Waals surface area (Å²) in [5.74, 6) is 1.61. The predicted molar refractivity (Wildman–Crippen MR) is 81.8 cm³/mol. The van der Waals surface area contributed by atoms with Crippen molar-refractivity contribution in [3.8, 4) is 0 Å². The zero-order chi connectivity index (χ0) is 14.3. The van der Waals surface area contributed by atoms with Gasteiger partial charge in [0.2, 0.25) is 5.95 Å². The van der Waals surface area contributed by atoms with Crippen LogP contribution >= 0.6 is 0 Å². The average Bonchev–Trinajstić information content (AvgIpc) is 2.33. The second-order valence-electron chi connectivity index (χ2n) is 5.26. The largest absolute Gasteiger partial charge is 0.370 e. The maximum Gasteiger partial charge on any atom is 0.225 e. The van der Waals surface area contributed by atoms with Gasteiger partial charge >= 0.3 is 0 Å². The summed E-state index contributed by atoms with van der Waals surface area (Å²) < 4.78 is 0. The predicted octanol–water partition coefficient (Wildman–Crippen LogP) is 2.36. The van der Waals surface area contributed by atoms with Crippen LogP contribution in [0.25, 0.3) is 0 Å². The monoisotopic (exact) mass is 265 g/mol. The SMILES string of the molecule is CCC(C)Nc1nc(C)cc(NCCCN(C)C)n1. The summed E-state index contributed by atoms with van der Waals surface area (Å²) >= 11 is 0. The minimum atomic E-state index is 0.392. The van der Waals surface area contributed by atoms with Gasteiger partial charge in [-0.3, -0.25) is 0 Å². The number of nitrogens with zero attached hydrogens (tertiary/aromatic N) is 3. The van der Waals surface area contributed by atoms with E-state index in [1.807, 2.05) is 13.0 Å². The highest BCUT2D eigenvalue weighted by Crippen LogP contribution is 2.11. The summed E-state index contributed by atoms with van der Waals surface area (Å²) in [6.07, 6.45) is 2.16. The molecule has 5 heteroatoms. The lowest BCUT2D eigenvalue weighted by Gasteiger charge is -2.14. The van der Waals surface area contributed by atoms with Gasteiger partial charge in [0.05, 0.1) is 0 Å². The number of aromatic nitrogens is 2. The van der Waals surface area contributed by atoms with Crippen LogP contribution in [-0.4, -0.2) is 48.1 Å². The van der Waals surface area contributed by atoms with Gasteiger partial charge in [-0.15, -0.1) is 0 Å². The van der Waals surface area contributed by atoms with Crippen molar-refractivity contribution in [3.05, 3.63) is 11.8 Å². The molecule has 0 amide bonds. The fourth-order valence-electron chi connectivity index (χ4n) is 1.66. The highest BCUT2D eigenvalue weighted by Gasteiger charge is 2.04. The summed E-state index contributed by atoms with van der Waals surface area (Å²) in [6.45, 7) is 8.28. The molecule has 0 spiro atoms. The van der Waals surface area contributed by atoms with Crippen molar-refractivity contribution in [2.24, 2.45) is 0 Å². The second kappa shape index (κ2) is 7.94. The molecule has 1 unspecified atom stereocenters. The van der Waals surface area contributed by atoms with Crippen molar-refractivity contribution >= 4 is 11.8 Å². The summed E-state index contributed by atoms with van der Waals surface area (Å²) in [5.41, 5.74) is 0.982. The van der Waals surface area contributed by atoms with Crippen molar-refractivity contribution in [1.29, 1.82) is 0 Å². The molecule has 1 atom stereocenters. The third-order valence-corrected chi connectivity index (χ3v) is 2.93. The van der Waals surface area contributed by atoms with E-state index in [1.54, 1.807) is 0 Å². The van der Waals surface area contributed by atoms with Gasteiger partial charge in [-0.05, 0) is 47.3 Å². The molecule has 1 rings (SSSR count). The van der Waals surface area contributed by atoms with Crippen LogP contribution in [0.1, 0.15) is 32.4 Å². The van der Waals surface area contributed by atoms with E-state index in [1.165, 1.54) is 0 Å². The van der Waals surface area contributed by atoms with Crippen LogP contribution in [0.4, 0.5) is 11.8 Å². The number of hydrogen-bond donors (Lipinski definition) is 2. The fraction of sp³-hybridized carbons (Fsp3) is 0.714. The highest BCUT2D eigenvalue weighted by atomic mass is 15.2. The third-order valence-electron chi connectivity index (χ3n) is 2.93. The molecule has 0 saturated carbocycles. The number of rotatable bonds is 8. The summed E-state index contributed by atoms with van der Waals surface area (Å²) in [4.78, 5) is 11.1. The normalized spacial score (nSPS) is 12.5. The minimum absolute atomic E-state index is 0.392. The summed E-state index contributed by atoms with van der Waals surface area (Å²) in [7, 11) is 4.17. The zero-order valence-electron chi connectivity index (χ0n) is 12.8. The molecule has 2 N–H and O–H groups in total. The smallest absolute Gasteiger partial charge is 0.225 e. The molecule has 1 heterocycles. The highest BCUT2D eigenvalue weighted by molar-refractivity contribution is 5.42. The van der Waals surface area contributed by atoms with E-state index in [4.69, 9.17) is 0 Å². The van der Waals surface area contributed by atoms with E-state index in [-0.39, 0.29) is 0 Å². The first-order valence-electron chi connectivity index (χ1n) is 7.02. The maximum absolute atomic E-state index is 4.49. The number of anilines is 2. The van der Waals surface area contributed by atoms with Gasteiger partial charge in [-0.2, -0.15) is 4.98 Å². The molecule has 1 aromatic heterocycles. The van der Waals surface area contributed by atoms with Crippen LogP contribution in [0.2, 0.25) is 0 Å². The molecule has 0 aromatic carbocycles. The molecule has 0 aliphatic rings. The van der Waals surface area contributed by atoms with Gasteiger partial charge in [0.1, 0.15) is 5.82 Å². The molecular formula is C14H27N5. The zero-order valence-corrected chi connectivity index (χ0v) is 12.8. The number of aryl methyl sites for hydroxylation is 1. The average molecular weight is 265 g/mol. The van der Waals surface area contributed by atoms with Gasteiger partial charge in [-0.1, -0.05) is 6.92 Å². The topological polar surface area (TPSA) is 53.1 Å². The Bertz CT molecular complexity index is 378. The maximum atomic E-state index is 4.49. The van der Waals surface area contributed by atoms with E-state index in [2.05, 4.69) is 53.4 Å². The van der Waals surface area contributed by atoms with Crippen LogP contribution in [-0.2, 0) is 0 Å². The van der Waals surface area contributed by atoms with E-state index in [9.17, 15) is 0 Å². The van der Waals surface area contributed by atoms with Crippen molar-refractivity contribution in [3.63, 3.8) is 0 Å². The summed E-state index contributed by atoms with van der Waals surface area (Å²) in [5, 5.41) is 6.67. The lowest BCUT2D eigenvalue weighted by atomic mass is 10.3. The molecule has 0 aliphatic heterocycles. The Hall–Kier alpha value is -1.36. The molecule has 0 saturated heterocycles. The molecule has 0 radical (unpaired) electrons. The Morgan fingerprint density at radius 1 is 1.32 bits per heavy atom. The van der Waals surface area contributed by atoms with Gasteiger partial charge < -0.3 is 15.5 Å². The molecule has 0 aliphatic carbocycles. The van der Waals surface area contributed by atoms with Crippen molar-refractivity contribution < 1.29 is 0 Å². The number of nitrogens with one attached hydrogen (secondary N) is 2. The lowest BCUT2D eigenvalue weighted by molar-refractivity contribution is 0.405. The van der Waals surface area contributed by atoms with Crippen LogP contribution < -0.4 is 10.6 Å². The molecular weight excluding hydrogens is 238 g/mol. The quantitative estimate of drug-likeness (QED) is 0.707. The molecule has 0 bridgehead atoms. The Morgan fingerprint density at radius 3 is 2.68 bits per heavy atom. The first-order chi connectivity index (χ1) is 9.01. The minimum Gasteiger partial charge on any atom is -0.370 e. The second-order valence-corrected chi connectivity index (χ2v) is 5.26. The first-order valence-corrected chi connectivity index (χ1v) is 7.02. The Balaban J connectivity index is 2.53. The molecule has 5 nitrogen and oxygen atoms in total. The van der Waals surface area contributed by atoms with E-state index >= 15 is 0 Å². The Kier molecular flexibility index (Phi) is 6.56. The molecule has 19 heavy (non-hydrogen) atoms. The van der Waals surface area contributed by atoms with Crippen LogP contribution in [0.5, 0.6) is 0 Å². The van der Waals surface area contributed by atoms with E-state index < -0.39 is 0 Å². The van der Waals surface area contributed by atoms with E-state index in [0.29, 0.717) is 12.0 Å². The van der Waals surface area contributed by atoms with Gasteiger partial charge in [0.25, 0.3) is 0 Å². The molecule has 1 aromatic rings. The van der Waals surface area contributed by atoms with Gasteiger partial charge in [0.15, 0.2) is 0 Å². The van der Waals surface area contributed by atoms with Gasteiger partial charge in [-0.25, -0.2) is 4.98 Å². The number of hydrogen-bond acceptors (Lipinski definition) is 5. The van der Waals surface area contributed by atoms with Crippen LogP contribution in [0.3, 0.4) is 0 Å². The summed E-state index contributed by atoms with van der Waals surface area (Å²) in [6, 6.07) is 2.38. The van der Waals surface area contributed by atoms with Crippen molar-refractivity contribution in [1.82, 2.24) is 14.9 Å². The molecule has 108 valence electrons. The van der Waals surface area contributed by atoms with Crippen molar-refractivity contribution in [2.45, 2.75) is 39.7 Å². The van der Waals surface area contributed by atoms with Crippen LogP contribution in [0.15, 0.2) is 6.07 Å². The Labute approximate surface area is 116 Å².